The number of fused-ring (bicyclic) bond motifs is 5. The van der Waals surface area contributed by atoms with Crippen LogP contribution in [0.5, 0.6) is 0 Å². The monoisotopic (exact) mass is 264 g/mol. The molecule has 2 fully saturated rings. The molecule has 3 aliphatic rings. The average Bonchev–Trinajstić information content (AvgIpc) is 3.05. The normalized spacial score (nSPS) is 33.3. The highest BCUT2D eigenvalue weighted by Crippen LogP contribution is 2.51. The van der Waals surface area contributed by atoms with Crippen LogP contribution in [0.4, 0.5) is 0 Å². The van der Waals surface area contributed by atoms with Crippen molar-refractivity contribution in [1.82, 2.24) is 0 Å². The van der Waals surface area contributed by atoms with Gasteiger partial charge < -0.3 is 9.47 Å². The van der Waals surface area contributed by atoms with Gasteiger partial charge in [0.25, 0.3) is 0 Å². The zero-order valence-electron chi connectivity index (χ0n) is 10.7. The van der Waals surface area contributed by atoms with Crippen LogP contribution in [-0.4, -0.2) is 24.5 Å². The summed E-state index contributed by atoms with van der Waals surface area (Å²) in [4.78, 5) is 32.4. The van der Waals surface area contributed by atoms with Crippen LogP contribution in [0.3, 0.4) is 0 Å². The van der Waals surface area contributed by atoms with Crippen molar-refractivity contribution in [2.75, 3.05) is 6.61 Å². The zero-order valence-corrected chi connectivity index (χ0v) is 10.7. The van der Waals surface area contributed by atoms with Crippen LogP contribution >= 0.6 is 0 Å². The van der Waals surface area contributed by atoms with Gasteiger partial charge in [-0.3, -0.25) is 9.59 Å². The Balaban J connectivity index is 0.000000167. The number of allylic oxidation sites excluding steroid dienone is 2. The molecule has 0 amide bonds. The lowest BCUT2D eigenvalue weighted by atomic mass is 9.85. The Morgan fingerprint density at radius 3 is 2.26 bits per heavy atom. The lowest BCUT2D eigenvalue weighted by Crippen LogP contribution is -2.21. The molecule has 0 aromatic carbocycles. The highest BCUT2D eigenvalue weighted by molar-refractivity contribution is 5.98. The average molecular weight is 264 g/mol. The third-order valence-corrected chi connectivity index (χ3v) is 3.66. The Hall–Kier alpha value is -1.91. The van der Waals surface area contributed by atoms with Crippen LogP contribution in [-0.2, 0) is 23.9 Å². The van der Waals surface area contributed by atoms with Crippen LogP contribution in [0.1, 0.15) is 13.3 Å². The molecule has 102 valence electrons. The maximum absolute atomic E-state index is 11.2. The van der Waals surface area contributed by atoms with Gasteiger partial charge in [-0.05, 0) is 25.2 Å². The molecule has 5 nitrogen and oxygen atoms in total. The molecular weight excluding hydrogens is 248 g/mol. The highest BCUT2D eigenvalue weighted by Gasteiger charge is 2.57. The van der Waals surface area contributed by atoms with Crippen molar-refractivity contribution in [2.45, 2.75) is 13.3 Å². The second-order valence-electron chi connectivity index (χ2n) is 4.70. The summed E-state index contributed by atoms with van der Waals surface area (Å²) in [6.45, 7) is 5.38. The van der Waals surface area contributed by atoms with E-state index in [-0.39, 0.29) is 41.6 Å². The number of esters is 3. The minimum absolute atomic E-state index is 0.146. The van der Waals surface area contributed by atoms with E-state index >= 15 is 0 Å². The third kappa shape index (κ3) is 2.45. The Morgan fingerprint density at radius 2 is 1.89 bits per heavy atom. The summed E-state index contributed by atoms with van der Waals surface area (Å²) in [5.41, 5.74) is 0. The fourth-order valence-electron chi connectivity index (χ4n) is 2.90. The van der Waals surface area contributed by atoms with Gasteiger partial charge in [-0.25, -0.2) is 4.79 Å². The summed E-state index contributed by atoms with van der Waals surface area (Å²) in [6.07, 6.45) is 6.21. The number of rotatable bonds is 2. The minimum Gasteiger partial charge on any atom is -0.463 e. The van der Waals surface area contributed by atoms with Gasteiger partial charge in [-0.2, -0.15) is 0 Å². The SMILES string of the molecule is C=CC(=O)OCC.O=C1OC(=O)C2C3C=CC(C3)C12. The fourth-order valence-corrected chi connectivity index (χ4v) is 2.90. The molecule has 3 rings (SSSR count). The Labute approximate surface area is 111 Å². The molecule has 0 aromatic rings. The minimum atomic E-state index is -0.359. The topological polar surface area (TPSA) is 69.7 Å². The van der Waals surface area contributed by atoms with Gasteiger partial charge in [0, 0.05) is 6.08 Å². The Kier molecular flexibility index (Phi) is 3.83. The highest BCUT2D eigenvalue weighted by atomic mass is 16.6. The summed E-state index contributed by atoms with van der Waals surface area (Å²) in [6, 6.07) is 0. The van der Waals surface area contributed by atoms with Crippen molar-refractivity contribution in [3.05, 3.63) is 24.8 Å². The first-order chi connectivity index (χ1) is 9.08. The van der Waals surface area contributed by atoms with E-state index in [1.165, 1.54) is 0 Å². The molecule has 2 aliphatic carbocycles. The molecule has 0 aromatic heterocycles. The smallest absolute Gasteiger partial charge is 0.330 e. The summed E-state index contributed by atoms with van der Waals surface area (Å²) in [5.74, 6) is -0.705. The Bertz CT molecular complexity index is 423. The summed E-state index contributed by atoms with van der Waals surface area (Å²) < 4.78 is 9.03. The van der Waals surface area contributed by atoms with Crippen molar-refractivity contribution in [2.24, 2.45) is 23.7 Å². The maximum Gasteiger partial charge on any atom is 0.330 e. The van der Waals surface area contributed by atoms with Crippen molar-refractivity contribution in [3.8, 4) is 0 Å². The number of carbonyl (C=O) groups excluding carboxylic acids is 3. The van der Waals surface area contributed by atoms with Crippen LogP contribution in [0.25, 0.3) is 0 Å². The van der Waals surface area contributed by atoms with Gasteiger partial charge >= 0.3 is 17.9 Å². The standard InChI is InChI=1S/C9H8O3.C5H8O2/c10-8-6-4-1-2-5(3-4)7(6)9(11)12-8;1-3-5(6)7-4-2/h1-2,4-7H,3H2;3H,1,4H2,2H3. The quantitative estimate of drug-likeness (QED) is 0.325. The summed E-state index contributed by atoms with van der Waals surface area (Å²) in [5, 5.41) is 0. The molecule has 5 heteroatoms. The maximum atomic E-state index is 11.2. The number of ether oxygens (including phenoxy) is 2. The Morgan fingerprint density at radius 1 is 1.37 bits per heavy atom. The molecular formula is C14H16O5. The second-order valence-corrected chi connectivity index (χ2v) is 4.70. The zero-order chi connectivity index (χ0) is 14.0. The number of hydrogen-bond donors (Lipinski definition) is 0. The molecule has 4 atom stereocenters. The van der Waals surface area contributed by atoms with E-state index in [1.807, 2.05) is 12.2 Å². The van der Waals surface area contributed by atoms with Gasteiger partial charge in [0.15, 0.2) is 0 Å². The number of hydrogen-bond acceptors (Lipinski definition) is 5. The van der Waals surface area contributed by atoms with Crippen molar-refractivity contribution >= 4 is 17.9 Å². The first-order valence-corrected chi connectivity index (χ1v) is 6.31. The lowest BCUT2D eigenvalue weighted by Gasteiger charge is -2.12. The predicted molar refractivity (Wildman–Crippen MR) is 65.6 cm³/mol. The fraction of sp³-hybridized carbons (Fsp3) is 0.500. The molecule has 4 unspecified atom stereocenters. The molecule has 0 N–H and O–H groups in total. The van der Waals surface area contributed by atoms with E-state index in [4.69, 9.17) is 0 Å². The van der Waals surface area contributed by atoms with E-state index in [0.29, 0.717) is 6.61 Å². The summed E-state index contributed by atoms with van der Waals surface area (Å²) in [7, 11) is 0. The van der Waals surface area contributed by atoms with E-state index in [2.05, 4.69) is 16.1 Å². The van der Waals surface area contributed by atoms with Gasteiger partial charge in [-0.1, -0.05) is 18.7 Å². The van der Waals surface area contributed by atoms with Crippen LogP contribution in [0.2, 0.25) is 0 Å². The number of carbonyl (C=O) groups is 3. The van der Waals surface area contributed by atoms with Crippen LogP contribution in [0.15, 0.2) is 24.8 Å². The van der Waals surface area contributed by atoms with Crippen LogP contribution < -0.4 is 0 Å². The van der Waals surface area contributed by atoms with Gasteiger partial charge in [0.2, 0.25) is 0 Å². The second kappa shape index (κ2) is 5.38. The molecule has 1 heterocycles. The number of cyclic esters (lactones) is 2. The molecule has 1 aliphatic heterocycles. The first kappa shape index (κ1) is 13.5. The largest absolute Gasteiger partial charge is 0.463 e. The van der Waals surface area contributed by atoms with E-state index < -0.39 is 0 Å². The molecule has 2 bridgehead atoms. The van der Waals surface area contributed by atoms with Crippen LogP contribution in [0, 0.1) is 23.7 Å². The van der Waals surface area contributed by atoms with Crippen molar-refractivity contribution in [3.63, 3.8) is 0 Å². The van der Waals surface area contributed by atoms with E-state index in [0.717, 1.165) is 12.5 Å². The third-order valence-electron chi connectivity index (χ3n) is 3.66. The van der Waals surface area contributed by atoms with Gasteiger partial charge in [0.05, 0.1) is 18.4 Å². The van der Waals surface area contributed by atoms with Crippen molar-refractivity contribution in [1.29, 1.82) is 0 Å². The molecule has 0 radical (unpaired) electrons. The molecule has 19 heavy (non-hydrogen) atoms. The lowest BCUT2D eigenvalue weighted by molar-refractivity contribution is -0.154. The predicted octanol–water partition coefficient (Wildman–Crippen LogP) is 1.24. The molecule has 1 saturated carbocycles. The molecule has 0 spiro atoms. The van der Waals surface area contributed by atoms with E-state index in [1.54, 1.807) is 6.92 Å². The van der Waals surface area contributed by atoms with E-state index in [9.17, 15) is 14.4 Å². The van der Waals surface area contributed by atoms with Gasteiger partial charge in [0.1, 0.15) is 0 Å². The molecule has 1 saturated heterocycles. The summed E-state index contributed by atoms with van der Waals surface area (Å²) >= 11 is 0. The van der Waals surface area contributed by atoms with Gasteiger partial charge in [-0.15, -0.1) is 0 Å². The first-order valence-electron chi connectivity index (χ1n) is 6.31. The van der Waals surface area contributed by atoms with Crippen molar-refractivity contribution < 1.29 is 23.9 Å².